The Hall–Kier alpha value is -3.81. The van der Waals surface area contributed by atoms with Crippen molar-refractivity contribution < 1.29 is 0 Å². The van der Waals surface area contributed by atoms with Crippen LogP contribution in [0.15, 0.2) is 121 Å². The van der Waals surface area contributed by atoms with Crippen LogP contribution in [0.4, 0.5) is 0 Å². The molecule has 0 unspecified atom stereocenters. The first-order chi connectivity index (χ1) is 15.8. The Labute approximate surface area is 192 Å². The average Bonchev–Trinajstić information content (AvgIpc) is 3.19. The Kier molecular flexibility index (Phi) is 4.56. The maximum atomic E-state index is 6.51. The lowest BCUT2D eigenvalue weighted by atomic mass is 9.94. The molecular formula is C30H20ClN. The Balaban J connectivity index is 1.86. The Morgan fingerprint density at radius 3 is 1.75 bits per heavy atom. The summed E-state index contributed by atoms with van der Waals surface area (Å²) in [7, 11) is 0. The molecule has 6 aromatic rings. The van der Waals surface area contributed by atoms with Gasteiger partial charge in [0.15, 0.2) is 0 Å². The first-order valence-electron chi connectivity index (χ1n) is 10.7. The molecule has 1 heterocycles. The number of halogens is 1. The fourth-order valence-electron chi connectivity index (χ4n) is 4.67. The maximum Gasteiger partial charge on any atom is 0.0625 e. The smallest absolute Gasteiger partial charge is 0.0625 e. The van der Waals surface area contributed by atoms with E-state index in [9.17, 15) is 0 Å². The Morgan fingerprint density at radius 2 is 1.09 bits per heavy atom. The molecule has 152 valence electrons. The van der Waals surface area contributed by atoms with E-state index in [-0.39, 0.29) is 0 Å². The van der Waals surface area contributed by atoms with Crippen LogP contribution in [0.25, 0.3) is 49.7 Å². The van der Waals surface area contributed by atoms with E-state index in [2.05, 4.69) is 120 Å². The molecule has 0 bridgehead atoms. The topological polar surface area (TPSA) is 4.93 Å². The highest BCUT2D eigenvalue weighted by molar-refractivity contribution is 6.32. The minimum absolute atomic E-state index is 0.736. The van der Waals surface area contributed by atoms with Gasteiger partial charge in [-0.15, -0.1) is 0 Å². The van der Waals surface area contributed by atoms with E-state index in [4.69, 9.17) is 11.6 Å². The van der Waals surface area contributed by atoms with Crippen molar-refractivity contribution in [2.45, 2.75) is 0 Å². The van der Waals surface area contributed by atoms with E-state index in [1.165, 1.54) is 38.5 Å². The monoisotopic (exact) mass is 429 g/mol. The van der Waals surface area contributed by atoms with Gasteiger partial charge < -0.3 is 4.57 Å². The van der Waals surface area contributed by atoms with Gasteiger partial charge in [0.05, 0.1) is 11.0 Å². The van der Waals surface area contributed by atoms with Gasteiger partial charge in [-0.25, -0.2) is 0 Å². The van der Waals surface area contributed by atoms with Crippen LogP contribution >= 0.6 is 11.6 Å². The molecule has 0 aliphatic carbocycles. The standard InChI is InChI=1S/C30H20ClN/c31-23-16-17-27-28(20-23)32(24-14-8-3-9-15-24)30-26(22-12-6-2-7-13-22)19-18-25(29(27)30)21-10-4-1-5-11-21/h1-20H. The minimum Gasteiger partial charge on any atom is -0.309 e. The van der Waals surface area contributed by atoms with E-state index in [0.717, 1.165) is 16.2 Å². The van der Waals surface area contributed by atoms with Crippen molar-refractivity contribution in [3.63, 3.8) is 0 Å². The van der Waals surface area contributed by atoms with Gasteiger partial charge in [0.25, 0.3) is 0 Å². The number of rotatable bonds is 3. The zero-order valence-electron chi connectivity index (χ0n) is 17.4. The lowest BCUT2D eigenvalue weighted by molar-refractivity contribution is 1.18. The molecule has 0 saturated carbocycles. The van der Waals surface area contributed by atoms with Gasteiger partial charge >= 0.3 is 0 Å². The van der Waals surface area contributed by atoms with E-state index in [1.807, 2.05) is 6.07 Å². The van der Waals surface area contributed by atoms with Gasteiger partial charge in [0.1, 0.15) is 0 Å². The predicted molar refractivity (Wildman–Crippen MR) is 137 cm³/mol. The predicted octanol–water partition coefficient (Wildman–Crippen LogP) is 8.77. The van der Waals surface area contributed by atoms with Crippen molar-refractivity contribution in [2.75, 3.05) is 0 Å². The molecule has 0 radical (unpaired) electrons. The summed E-state index contributed by atoms with van der Waals surface area (Å²) in [6.07, 6.45) is 0. The van der Waals surface area contributed by atoms with Gasteiger partial charge in [0, 0.05) is 27.0 Å². The molecule has 0 atom stereocenters. The highest BCUT2D eigenvalue weighted by Crippen LogP contribution is 2.43. The molecule has 1 nitrogen and oxygen atoms in total. The number of fused-ring (bicyclic) bond motifs is 3. The largest absolute Gasteiger partial charge is 0.309 e. The summed E-state index contributed by atoms with van der Waals surface area (Å²) >= 11 is 6.51. The lowest BCUT2D eigenvalue weighted by Crippen LogP contribution is -1.95. The summed E-state index contributed by atoms with van der Waals surface area (Å²) in [5.41, 5.74) is 8.26. The molecule has 5 aromatic carbocycles. The minimum atomic E-state index is 0.736. The third-order valence-electron chi connectivity index (χ3n) is 6.06. The van der Waals surface area contributed by atoms with E-state index in [0.29, 0.717) is 0 Å². The summed E-state index contributed by atoms with van der Waals surface area (Å²) in [5.74, 6) is 0. The fourth-order valence-corrected chi connectivity index (χ4v) is 4.84. The summed E-state index contributed by atoms with van der Waals surface area (Å²) in [4.78, 5) is 0. The zero-order chi connectivity index (χ0) is 21.5. The number of benzene rings is 5. The molecule has 0 aliphatic rings. The Morgan fingerprint density at radius 1 is 0.531 bits per heavy atom. The first kappa shape index (κ1) is 18.9. The number of aromatic nitrogens is 1. The summed E-state index contributed by atoms with van der Waals surface area (Å²) in [5, 5.41) is 3.18. The van der Waals surface area contributed by atoms with Crippen LogP contribution in [-0.4, -0.2) is 4.57 Å². The fraction of sp³-hybridized carbons (Fsp3) is 0. The van der Waals surface area contributed by atoms with Crippen molar-refractivity contribution in [3.8, 4) is 27.9 Å². The van der Waals surface area contributed by atoms with Gasteiger partial charge in [-0.1, -0.05) is 109 Å². The van der Waals surface area contributed by atoms with Gasteiger partial charge in [0.2, 0.25) is 0 Å². The molecule has 2 heteroatoms. The number of nitrogens with zero attached hydrogens (tertiary/aromatic N) is 1. The molecular weight excluding hydrogens is 410 g/mol. The quantitative estimate of drug-likeness (QED) is 0.265. The lowest BCUT2D eigenvalue weighted by Gasteiger charge is -2.14. The second-order valence-electron chi connectivity index (χ2n) is 7.95. The molecule has 1 aromatic heterocycles. The molecule has 0 saturated heterocycles. The summed E-state index contributed by atoms with van der Waals surface area (Å²) in [6.45, 7) is 0. The highest BCUT2D eigenvalue weighted by Gasteiger charge is 2.20. The Bertz CT molecular complexity index is 1550. The van der Waals surface area contributed by atoms with Crippen LogP contribution in [0.2, 0.25) is 5.02 Å². The number of para-hydroxylation sites is 1. The average molecular weight is 430 g/mol. The van der Waals surface area contributed by atoms with Crippen LogP contribution < -0.4 is 0 Å². The number of hydrogen-bond acceptors (Lipinski definition) is 0. The molecule has 0 fully saturated rings. The van der Waals surface area contributed by atoms with Crippen molar-refractivity contribution in [1.29, 1.82) is 0 Å². The van der Waals surface area contributed by atoms with Gasteiger partial charge in [-0.2, -0.15) is 0 Å². The van der Waals surface area contributed by atoms with E-state index in [1.54, 1.807) is 0 Å². The van der Waals surface area contributed by atoms with E-state index < -0.39 is 0 Å². The summed E-state index contributed by atoms with van der Waals surface area (Å²) < 4.78 is 2.35. The highest BCUT2D eigenvalue weighted by atomic mass is 35.5. The van der Waals surface area contributed by atoms with E-state index >= 15 is 0 Å². The van der Waals surface area contributed by atoms with Crippen molar-refractivity contribution >= 4 is 33.4 Å². The normalized spacial score (nSPS) is 11.3. The third kappa shape index (κ3) is 3.02. The zero-order valence-corrected chi connectivity index (χ0v) is 18.1. The first-order valence-corrected chi connectivity index (χ1v) is 11.1. The molecule has 0 N–H and O–H groups in total. The maximum absolute atomic E-state index is 6.51. The summed E-state index contributed by atoms with van der Waals surface area (Å²) in [6, 6.07) is 42.5. The van der Waals surface area contributed by atoms with Crippen LogP contribution in [0, 0.1) is 0 Å². The second-order valence-corrected chi connectivity index (χ2v) is 8.39. The van der Waals surface area contributed by atoms with Crippen LogP contribution in [-0.2, 0) is 0 Å². The molecule has 0 spiro atoms. The third-order valence-corrected chi connectivity index (χ3v) is 6.29. The van der Waals surface area contributed by atoms with Gasteiger partial charge in [-0.3, -0.25) is 0 Å². The van der Waals surface area contributed by atoms with Crippen molar-refractivity contribution in [2.24, 2.45) is 0 Å². The van der Waals surface area contributed by atoms with Crippen molar-refractivity contribution in [3.05, 3.63) is 126 Å². The second kappa shape index (κ2) is 7.71. The number of hydrogen-bond donors (Lipinski definition) is 0. The van der Waals surface area contributed by atoms with Crippen molar-refractivity contribution in [1.82, 2.24) is 4.57 Å². The molecule has 0 amide bonds. The SMILES string of the molecule is Clc1ccc2c3c(-c4ccccc4)ccc(-c4ccccc4)c3n(-c3ccccc3)c2c1. The molecule has 32 heavy (non-hydrogen) atoms. The van der Waals surface area contributed by atoms with Crippen LogP contribution in [0.1, 0.15) is 0 Å². The van der Waals surface area contributed by atoms with Crippen LogP contribution in [0.5, 0.6) is 0 Å². The van der Waals surface area contributed by atoms with Gasteiger partial charge in [-0.05, 0) is 41.0 Å². The molecule has 6 rings (SSSR count). The molecule has 0 aliphatic heterocycles. The van der Waals surface area contributed by atoms with Crippen LogP contribution in [0.3, 0.4) is 0 Å².